The third-order valence-electron chi connectivity index (χ3n) is 3.81. The molecule has 0 spiro atoms. The summed E-state index contributed by atoms with van der Waals surface area (Å²) in [6, 6.07) is 12.6. The number of anilines is 1. The molecule has 0 saturated heterocycles. The molecule has 0 saturated carbocycles. The van der Waals surface area contributed by atoms with Crippen LogP contribution < -0.4 is 10.6 Å². The zero-order valence-corrected chi connectivity index (χ0v) is 14.2. The summed E-state index contributed by atoms with van der Waals surface area (Å²) in [7, 11) is 0. The van der Waals surface area contributed by atoms with Crippen molar-refractivity contribution in [2.24, 2.45) is 0 Å². The summed E-state index contributed by atoms with van der Waals surface area (Å²) in [5.74, 6) is -0.555. The Morgan fingerprint density at radius 2 is 1.73 bits per heavy atom. The summed E-state index contributed by atoms with van der Waals surface area (Å²) >= 11 is 0. The highest BCUT2D eigenvalue weighted by Crippen LogP contribution is 2.15. The molecule has 2 aromatic carbocycles. The number of nitrogens with zero attached hydrogens (tertiary/aromatic N) is 3. The van der Waals surface area contributed by atoms with Crippen molar-refractivity contribution < 1.29 is 9.59 Å². The molecule has 1 aromatic heterocycles. The molecule has 2 N–H and O–H groups in total. The van der Waals surface area contributed by atoms with Gasteiger partial charge in [-0.15, -0.1) is 0 Å². The summed E-state index contributed by atoms with van der Waals surface area (Å²) in [4.78, 5) is 33.1. The second kappa shape index (κ2) is 6.99. The van der Waals surface area contributed by atoms with E-state index in [1.54, 1.807) is 36.4 Å². The fraction of sp³-hybridized carbons (Fsp3) is 0.105. The zero-order valence-electron chi connectivity index (χ0n) is 14.2. The number of nitriles is 1. The smallest absolute Gasteiger partial charge is 0.308 e. The number of carbonyl (C=O) groups is 2. The van der Waals surface area contributed by atoms with Gasteiger partial charge in [-0.25, -0.2) is 14.8 Å². The highest BCUT2D eigenvalue weighted by molar-refractivity contribution is 6.08. The monoisotopic (exact) mass is 345 g/mol. The van der Waals surface area contributed by atoms with Gasteiger partial charge in [0.05, 0.1) is 34.1 Å². The van der Waals surface area contributed by atoms with E-state index < -0.39 is 11.9 Å². The number of nitrogens with one attached hydrogen (secondary N) is 2. The van der Waals surface area contributed by atoms with Crippen molar-refractivity contribution in [3.63, 3.8) is 0 Å². The molecule has 3 aromatic rings. The van der Waals surface area contributed by atoms with Crippen molar-refractivity contribution in [1.82, 2.24) is 15.3 Å². The van der Waals surface area contributed by atoms with Gasteiger partial charge in [0.25, 0.3) is 5.91 Å². The molecule has 0 atom stereocenters. The molecule has 0 radical (unpaired) electrons. The molecule has 0 aliphatic carbocycles. The highest BCUT2D eigenvalue weighted by atomic mass is 16.2. The van der Waals surface area contributed by atoms with Gasteiger partial charge in [-0.3, -0.25) is 10.1 Å². The number of aromatic nitrogens is 2. The van der Waals surface area contributed by atoms with Crippen LogP contribution in [0, 0.1) is 25.2 Å². The Kier molecular flexibility index (Phi) is 4.58. The standard InChI is InChI=1S/C19H15N5O2/c1-11-12(2)22-17-9-14(6-7-16(17)21-11)18(25)24-19(26)23-15-5-3-4-13(8-15)10-20/h3-9H,1-2H3,(H2,23,24,25,26). The SMILES string of the molecule is Cc1nc2ccc(C(=O)NC(=O)Nc3cccc(C#N)c3)cc2nc1C. The minimum Gasteiger partial charge on any atom is -0.308 e. The van der Waals surface area contributed by atoms with Gasteiger partial charge >= 0.3 is 6.03 Å². The number of rotatable bonds is 2. The van der Waals surface area contributed by atoms with Crippen LogP contribution in [0.2, 0.25) is 0 Å². The first kappa shape index (κ1) is 17.0. The maximum Gasteiger partial charge on any atom is 0.326 e. The van der Waals surface area contributed by atoms with E-state index in [1.807, 2.05) is 19.9 Å². The first-order chi connectivity index (χ1) is 12.5. The highest BCUT2D eigenvalue weighted by Gasteiger charge is 2.12. The number of imide groups is 1. The van der Waals surface area contributed by atoms with Crippen LogP contribution in [0.15, 0.2) is 42.5 Å². The lowest BCUT2D eigenvalue weighted by molar-refractivity contribution is 0.0967. The van der Waals surface area contributed by atoms with Gasteiger partial charge in [-0.1, -0.05) is 6.07 Å². The van der Waals surface area contributed by atoms with Crippen molar-refractivity contribution in [2.45, 2.75) is 13.8 Å². The topological polar surface area (TPSA) is 108 Å². The number of amides is 3. The normalized spacial score (nSPS) is 10.2. The van der Waals surface area contributed by atoms with Gasteiger partial charge in [-0.05, 0) is 50.2 Å². The summed E-state index contributed by atoms with van der Waals surface area (Å²) in [6.07, 6.45) is 0. The Balaban J connectivity index is 1.74. The fourth-order valence-corrected chi connectivity index (χ4v) is 2.38. The van der Waals surface area contributed by atoms with Crippen LogP contribution in [0.25, 0.3) is 11.0 Å². The molecule has 0 unspecified atom stereocenters. The van der Waals surface area contributed by atoms with Gasteiger partial charge in [0.15, 0.2) is 0 Å². The maximum absolute atomic E-state index is 12.3. The fourth-order valence-electron chi connectivity index (χ4n) is 2.38. The van der Waals surface area contributed by atoms with E-state index in [-0.39, 0.29) is 0 Å². The van der Waals surface area contributed by atoms with E-state index in [4.69, 9.17) is 5.26 Å². The zero-order chi connectivity index (χ0) is 18.7. The van der Waals surface area contributed by atoms with Crippen molar-refractivity contribution in [3.05, 3.63) is 65.0 Å². The van der Waals surface area contributed by atoms with Gasteiger partial charge in [0.1, 0.15) is 0 Å². The first-order valence-electron chi connectivity index (χ1n) is 7.84. The summed E-state index contributed by atoms with van der Waals surface area (Å²) in [5.41, 5.74) is 4.01. The van der Waals surface area contributed by atoms with Crippen LogP contribution in [0.3, 0.4) is 0 Å². The summed E-state index contributed by atoms with van der Waals surface area (Å²) < 4.78 is 0. The average molecular weight is 345 g/mol. The number of benzene rings is 2. The van der Waals surface area contributed by atoms with Crippen LogP contribution in [0.1, 0.15) is 27.3 Å². The van der Waals surface area contributed by atoms with Gasteiger partial charge in [0.2, 0.25) is 0 Å². The van der Waals surface area contributed by atoms with Crippen molar-refractivity contribution in [1.29, 1.82) is 5.26 Å². The Morgan fingerprint density at radius 3 is 2.46 bits per heavy atom. The van der Waals surface area contributed by atoms with Gasteiger partial charge in [-0.2, -0.15) is 5.26 Å². The summed E-state index contributed by atoms with van der Waals surface area (Å²) in [6.45, 7) is 3.71. The molecule has 7 nitrogen and oxygen atoms in total. The van der Waals surface area contributed by atoms with Crippen LogP contribution in [0.5, 0.6) is 0 Å². The van der Waals surface area contributed by atoms with E-state index in [9.17, 15) is 9.59 Å². The predicted octanol–water partition coefficient (Wildman–Crippen LogP) is 3.08. The molecule has 7 heteroatoms. The number of urea groups is 1. The summed E-state index contributed by atoms with van der Waals surface area (Å²) in [5, 5.41) is 13.6. The van der Waals surface area contributed by atoms with Crippen LogP contribution in [-0.2, 0) is 0 Å². The molecule has 3 rings (SSSR count). The Morgan fingerprint density at radius 1 is 1.00 bits per heavy atom. The third-order valence-corrected chi connectivity index (χ3v) is 3.81. The Bertz CT molecular complexity index is 1070. The molecular weight excluding hydrogens is 330 g/mol. The molecule has 0 aliphatic rings. The van der Waals surface area contributed by atoms with E-state index >= 15 is 0 Å². The second-order valence-corrected chi connectivity index (χ2v) is 5.70. The number of carbonyl (C=O) groups excluding carboxylic acids is 2. The molecule has 3 amide bonds. The number of fused-ring (bicyclic) bond motifs is 1. The van der Waals surface area contributed by atoms with Crippen molar-refractivity contribution in [3.8, 4) is 6.07 Å². The Labute approximate surface area is 149 Å². The number of hydrogen-bond donors (Lipinski definition) is 2. The van der Waals surface area contributed by atoms with Crippen molar-refractivity contribution in [2.75, 3.05) is 5.32 Å². The second-order valence-electron chi connectivity index (χ2n) is 5.70. The first-order valence-corrected chi connectivity index (χ1v) is 7.84. The van der Waals surface area contributed by atoms with E-state index in [2.05, 4.69) is 20.6 Å². The van der Waals surface area contributed by atoms with Crippen LogP contribution in [0.4, 0.5) is 10.5 Å². The minimum atomic E-state index is -0.684. The Hall–Kier alpha value is -3.79. The quantitative estimate of drug-likeness (QED) is 0.742. The lowest BCUT2D eigenvalue weighted by Gasteiger charge is -2.08. The molecule has 0 bridgehead atoms. The van der Waals surface area contributed by atoms with Crippen LogP contribution in [-0.4, -0.2) is 21.9 Å². The van der Waals surface area contributed by atoms with E-state index in [0.29, 0.717) is 27.8 Å². The van der Waals surface area contributed by atoms with Crippen LogP contribution >= 0.6 is 0 Å². The van der Waals surface area contributed by atoms with Gasteiger partial charge in [0, 0.05) is 11.3 Å². The van der Waals surface area contributed by atoms with E-state index in [1.165, 1.54) is 6.07 Å². The molecular formula is C19H15N5O2. The van der Waals surface area contributed by atoms with Gasteiger partial charge < -0.3 is 5.32 Å². The maximum atomic E-state index is 12.3. The number of aryl methyl sites for hydroxylation is 2. The number of hydrogen-bond acceptors (Lipinski definition) is 5. The average Bonchev–Trinajstić information content (AvgIpc) is 2.62. The molecule has 1 heterocycles. The largest absolute Gasteiger partial charge is 0.326 e. The molecule has 0 aliphatic heterocycles. The molecule has 0 fully saturated rings. The minimum absolute atomic E-state index is 0.302. The van der Waals surface area contributed by atoms with Crippen molar-refractivity contribution >= 4 is 28.7 Å². The third kappa shape index (κ3) is 3.65. The lowest BCUT2D eigenvalue weighted by Crippen LogP contribution is -2.34. The molecule has 26 heavy (non-hydrogen) atoms. The predicted molar refractivity (Wildman–Crippen MR) is 96.7 cm³/mol. The lowest BCUT2D eigenvalue weighted by atomic mass is 10.1. The van der Waals surface area contributed by atoms with E-state index in [0.717, 1.165) is 11.4 Å². The molecule has 128 valence electrons.